The molecule has 1 heteroatoms. The summed E-state index contributed by atoms with van der Waals surface area (Å²) < 4.78 is 6.33. The van der Waals surface area contributed by atoms with Crippen LogP contribution < -0.4 is 4.74 Å². The number of ether oxygens (including phenoxy) is 1. The Morgan fingerprint density at radius 1 is 0.600 bits per heavy atom. The molecule has 0 bridgehead atoms. The highest BCUT2D eigenvalue weighted by molar-refractivity contribution is 5.94. The number of fused-ring (bicyclic) bond motifs is 2. The fourth-order valence-corrected chi connectivity index (χ4v) is 3.88. The van der Waals surface area contributed by atoms with Crippen molar-refractivity contribution in [1.29, 1.82) is 0 Å². The molecule has 0 amide bonds. The third kappa shape index (κ3) is 2.66. The highest BCUT2D eigenvalue weighted by Crippen LogP contribution is 2.35. The van der Waals surface area contributed by atoms with Crippen molar-refractivity contribution in [3.8, 4) is 11.5 Å². The van der Waals surface area contributed by atoms with Crippen LogP contribution in [0.1, 0.15) is 22.3 Å². The van der Waals surface area contributed by atoms with Crippen molar-refractivity contribution >= 4 is 21.5 Å². The van der Waals surface area contributed by atoms with Crippen LogP contribution in [0.2, 0.25) is 0 Å². The van der Waals surface area contributed by atoms with Gasteiger partial charge in [0, 0.05) is 5.39 Å². The van der Waals surface area contributed by atoms with Crippen molar-refractivity contribution in [3.63, 3.8) is 0 Å². The molecule has 4 rings (SSSR count). The molecule has 124 valence electrons. The van der Waals surface area contributed by atoms with Gasteiger partial charge in [0.05, 0.1) is 0 Å². The molecule has 0 saturated heterocycles. The highest BCUT2D eigenvalue weighted by atomic mass is 16.5. The highest BCUT2D eigenvalue weighted by Gasteiger charge is 2.10. The summed E-state index contributed by atoms with van der Waals surface area (Å²) in [4.78, 5) is 0. The summed E-state index contributed by atoms with van der Waals surface area (Å²) >= 11 is 0. The lowest BCUT2D eigenvalue weighted by atomic mass is 9.99. The average molecular weight is 326 g/mol. The minimum Gasteiger partial charge on any atom is -0.457 e. The zero-order valence-electron chi connectivity index (χ0n) is 15.2. The fraction of sp³-hybridized carbons (Fsp3) is 0.167. The summed E-state index contributed by atoms with van der Waals surface area (Å²) in [7, 11) is 0. The molecule has 0 aliphatic rings. The van der Waals surface area contributed by atoms with E-state index in [4.69, 9.17) is 4.74 Å². The molecule has 0 unspecified atom stereocenters. The van der Waals surface area contributed by atoms with Crippen molar-refractivity contribution in [2.24, 2.45) is 0 Å². The average Bonchev–Trinajstić information content (AvgIpc) is 2.57. The molecular weight excluding hydrogens is 304 g/mol. The standard InChI is InChI=1S/C24H22O/c1-15-7-5-9-19-14-20(13-18(4)23(15)19)25-22-12-11-17(3)24-16(2)8-6-10-21(22)24/h5-14H,1-4H3. The summed E-state index contributed by atoms with van der Waals surface area (Å²) in [5.74, 6) is 1.80. The van der Waals surface area contributed by atoms with E-state index in [-0.39, 0.29) is 0 Å². The molecule has 0 atom stereocenters. The third-order valence-electron chi connectivity index (χ3n) is 5.00. The van der Waals surface area contributed by atoms with E-state index in [2.05, 4.69) is 88.4 Å². The molecular formula is C24H22O. The van der Waals surface area contributed by atoms with Gasteiger partial charge >= 0.3 is 0 Å². The number of rotatable bonds is 2. The molecule has 0 spiro atoms. The summed E-state index contributed by atoms with van der Waals surface area (Å²) in [6.07, 6.45) is 0. The first-order valence-corrected chi connectivity index (χ1v) is 8.71. The zero-order valence-corrected chi connectivity index (χ0v) is 15.2. The number of benzene rings is 4. The maximum Gasteiger partial charge on any atom is 0.135 e. The van der Waals surface area contributed by atoms with Crippen molar-refractivity contribution < 1.29 is 4.74 Å². The predicted molar refractivity (Wildman–Crippen MR) is 107 cm³/mol. The van der Waals surface area contributed by atoms with E-state index in [1.165, 1.54) is 43.8 Å². The van der Waals surface area contributed by atoms with E-state index in [0.29, 0.717) is 0 Å². The normalized spacial score (nSPS) is 11.2. The molecule has 1 nitrogen and oxygen atoms in total. The first kappa shape index (κ1) is 15.7. The van der Waals surface area contributed by atoms with Gasteiger partial charge in [0.2, 0.25) is 0 Å². The molecule has 0 aromatic heterocycles. The number of hydrogen-bond donors (Lipinski definition) is 0. The zero-order chi connectivity index (χ0) is 17.6. The summed E-state index contributed by atoms with van der Waals surface area (Å²) in [5.41, 5.74) is 5.12. The Labute approximate surface area is 148 Å². The van der Waals surface area contributed by atoms with Crippen molar-refractivity contribution in [3.05, 3.63) is 82.9 Å². The molecule has 0 N–H and O–H groups in total. The van der Waals surface area contributed by atoms with Crippen LogP contribution in [-0.4, -0.2) is 0 Å². The lowest BCUT2D eigenvalue weighted by Crippen LogP contribution is -1.91. The molecule has 0 heterocycles. The van der Waals surface area contributed by atoms with Crippen LogP contribution >= 0.6 is 0 Å². The van der Waals surface area contributed by atoms with Gasteiger partial charge in [0.15, 0.2) is 0 Å². The van der Waals surface area contributed by atoms with Gasteiger partial charge in [-0.05, 0) is 84.3 Å². The van der Waals surface area contributed by atoms with E-state index < -0.39 is 0 Å². The fourth-order valence-electron chi connectivity index (χ4n) is 3.88. The predicted octanol–water partition coefficient (Wildman–Crippen LogP) is 7.02. The van der Waals surface area contributed by atoms with Gasteiger partial charge in [-0.2, -0.15) is 0 Å². The van der Waals surface area contributed by atoms with E-state index in [1.807, 2.05) is 0 Å². The van der Waals surface area contributed by atoms with Gasteiger partial charge in [-0.3, -0.25) is 0 Å². The van der Waals surface area contributed by atoms with E-state index in [9.17, 15) is 0 Å². The molecule has 0 saturated carbocycles. The van der Waals surface area contributed by atoms with Crippen LogP contribution in [-0.2, 0) is 0 Å². The summed E-state index contributed by atoms with van der Waals surface area (Å²) in [5, 5.41) is 5.00. The van der Waals surface area contributed by atoms with Gasteiger partial charge in [-0.15, -0.1) is 0 Å². The van der Waals surface area contributed by atoms with Crippen molar-refractivity contribution in [1.82, 2.24) is 0 Å². The molecule has 0 aliphatic carbocycles. The second-order valence-electron chi connectivity index (χ2n) is 6.89. The van der Waals surface area contributed by atoms with Crippen LogP contribution in [0.25, 0.3) is 21.5 Å². The van der Waals surface area contributed by atoms with E-state index in [1.54, 1.807) is 0 Å². The number of hydrogen-bond acceptors (Lipinski definition) is 1. The Bertz CT molecular complexity index is 1100. The maximum atomic E-state index is 6.33. The molecule has 4 aromatic carbocycles. The van der Waals surface area contributed by atoms with Crippen LogP contribution in [0.4, 0.5) is 0 Å². The van der Waals surface area contributed by atoms with Crippen molar-refractivity contribution in [2.75, 3.05) is 0 Å². The van der Waals surface area contributed by atoms with Crippen LogP contribution in [0.5, 0.6) is 11.5 Å². The Hall–Kier alpha value is -2.80. The second kappa shape index (κ2) is 5.93. The van der Waals surface area contributed by atoms with Gasteiger partial charge in [-0.1, -0.05) is 42.5 Å². The van der Waals surface area contributed by atoms with E-state index in [0.717, 1.165) is 11.5 Å². The minimum atomic E-state index is 0.891. The van der Waals surface area contributed by atoms with Crippen molar-refractivity contribution in [2.45, 2.75) is 27.7 Å². The molecule has 25 heavy (non-hydrogen) atoms. The van der Waals surface area contributed by atoms with Crippen LogP contribution in [0.3, 0.4) is 0 Å². The molecule has 0 radical (unpaired) electrons. The van der Waals surface area contributed by atoms with Gasteiger partial charge in [0.25, 0.3) is 0 Å². The summed E-state index contributed by atoms with van der Waals surface area (Å²) in [6, 6.07) is 21.3. The Morgan fingerprint density at radius 2 is 1.28 bits per heavy atom. The van der Waals surface area contributed by atoms with Crippen LogP contribution in [0, 0.1) is 27.7 Å². The van der Waals surface area contributed by atoms with Gasteiger partial charge in [-0.25, -0.2) is 0 Å². The monoisotopic (exact) mass is 326 g/mol. The topological polar surface area (TPSA) is 9.23 Å². The second-order valence-corrected chi connectivity index (χ2v) is 6.89. The summed E-state index contributed by atoms with van der Waals surface area (Å²) in [6.45, 7) is 8.62. The lowest BCUT2D eigenvalue weighted by molar-refractivity contribution is 0.488. The maximum absolute atomic E-state index is 6.33. The Kier molecular flexibility index (Phi) is 3.73. The largest absolute Gasteiger partial charge is 0.457 e. The smallest absolute Gasteiger partial charge is 0.135 e. The number of aryl methyl sites for hydroxylation is 4. The molecule has 0 fully saturated rings. The Morgan fingerprint density at radius 3 is 2.08 bits per heavy atom. The third-order valence-corrected chi connectivity index (χ3v) is 5.00. The quantitative estimate of drug-likeness (QED) is 0.384. The van der Waals surface area contributed by atoms with E-state index >= 15 is 0 Å². The van der Waals surface area contributed by atoms with Gasteiger partial charge < -0.3 is 4.74 Å². The SMILES string of the molecule is Cc1cccc2cc(Oc3ccc(C)c4c(C)cccc34)cc(C)c12. The van der Waals surface area contributed by atoms with Gasteiger partial charge in [0.1, 0.15) is 11.5 Å². The first-order chi connectivity index (χ1) is 12.0. The first-order valence-electron chi connectivity index (χ1n) is 8.71. The van der Waals surface area contributed by atoms with Crippen LogP contribution in [0.15, 0.2) is 60.7 Å². The lowest BCUT2D eigenvalue weighted by Gasteiger charge is -2.14. The minimum absolute atomic E-state index is 0.891. The molecule has 0 aliphatic heterocycles. The molecule has 4 aromatic rings. The Balaban J connectivity index is 1.86.